The van der Waals surface area contributed by atoms with Gasteiger partial charge in [0.2, 0.25) is 0 Å². The van der Waals surface area contributed by atoms with Gasteiger partial charge in [0.15, 0.2) is 0 Å². The van der Waals surface area contributed by atoms with Crippen LogP contribution in [0.15, 0.2) is 42.5 Å². The number of ether oxygens (including phenoxy) is 1. The molecule has 2 aromatic carbocycles. The predicted molar refractivity (Wildman–Crippen MR) is 121 cm³/mol. The number of aromatic hydroxyl groups is 1. The number of benzene rings is 2. The molecule has 0 atom stereocenters. The van der Waals surface area contributed by atoms with Gasteiger partial charge in [-0.2, -0.15) is 0 Å². The summed E-state index contributed by atoms with van der Waals surface area (Å²) in [6.45, 7) is 13.9. The molecule has 1 aliphatic heterocycles. The maximum atomic E-state index is 13.4. The third kappa shape index (κ3) is 4.54. The maximum Gasteiger partial charge on any atom is 0.339 e. The third-order valence-corrected chi connectivity index (χ3v) is 5.96. The van der Waals surface area contributed by atoms with E-state index in [4.69, 9.17) is 4.74 Å². The van der Waals surface area contributed by atoms with Crippen molar-refractivity contribution in [1.82, 2.24) is 5.32 Å². The van der Waals surface area contributed by atoms with Crippen molar-refractivity contribution in [2.75, 3.05) is 13.1 Å². The lowest BCUT2D eigenvalue weighted by molar-refractivity contribution is -0.0378. The van der Waals surface area contributed by atoms with E-state index in [2.05, 4.69) is 5.32 Å². The molecule has 0 saturated carbocycles. The highest BCUT2D eigenvalue weighted by atomic mass is 16.6. The summed E-state index contributed by atoms with van der Waals surface area (Å²) >= 11 is 0. The number of carbonyl (C=O) groups excluding carboxylic acids is 1. The molecule has 0 bridgehead atoms. The van der Waals surface area contributed by atoms with Crippen LogP contribution in [-0.2, 0) is 21.2 Å². The Morgan fingerprint density at radius 1 is 0.933 bits per heavy atom. The zero-order valence-electron chi connectivity index (χ0n) is 19.1. The smallest absolute Gasteiger partial charge is 0.339 e. The van der Waals surface area contributed by atoms with Gasteiger partial charge in [-0.15, -0.1) is 0 Å². The lowest BCUT2D eigenvalue weighted by atomic mass is 9.78. The Balaban J connectivity index is 2.05. The molecule has 0 radical (unpaired) electrons. The second-order valence-electron chi connectivity index (χ2n) is 10.4. The van der Waals surface area contributed by atoms with E-state index in [-0.39, 0.29) is 22.5 Å². The molecule has 4 nitrogen and oxygen atoms in total. The number of phenolic OH excluding ortho intramolecular Hbond substituents is 1. The maximum absolute atomic E-state index is 13.4. The van der Waals surface area contributed by atoms with Crippen LogP contribution in [0.25, 0.3) is 0 Å². The predicted octanol–water partition coefficient (Wildman–Crippen LogP) is 5.42. The molecular weight excluding hydrogens is 374 g/mol. The summed E-state index contributed by atoms with van der Waals surface area (Å²) < 4.78 is 6.27. The number of esters is 1. The molecule has 1 saturated heterocycles. The number of hydrogen-bond donors (Lipinski definition) is 2. The molecule has 0 amide bonds. The first kappa shape index (κ1) is 22.4. The van der Waals surface area contributed by atoms with Gasteiger partial charge in [-0.3, -0.25) is 0 Å². The van der Waals surface area contributed by atoms with E-state index in [0.29, 0.717) is 5.56 Å². The monoisotopic (exact) mass is 409 g/mol. The number of rotatable bonds is 3. The van der Waals surface area contributed by atoms with Gasteiger partial charge in [0.1, 0.15) is 11.4 Å². The Hall–Kier alpha value is -2.33. The molecule has 0 unspecified atom stereocenters. The molecule has 3 rings (SSSR count). The zero-order valence-corrected chi connectivity index (χ0v) is 19.1. The van der Waals surface area contributed by atoms with E-state index in [1.54, 1.807) is 12.1 Å². The normalized spacial score (nSPS) is 16.9. The van der Waals surface area contributed by atoms with E-state index in [9.17, 15) is 9.90 Å². The number of piperidine rings is 1. The van der Waals surface area contributed by atoms with Crippen molar-refractivity contribution in [1.29, 1.82) is 0 Å². The van der Waals surface area contributed by atoms with Crippen molar-refractivity contribution in [2.45, 2.75) is 70.8 Å². The number of carbonyl (C=O) groups is 1. The van der Waals surface area contributed by atoms with E-state index in [0.717, 1.165) is 42.6 Å². The Morgan fingerprint density at radius 3 is 1.90 bits per heavy atom. The molecule has 30 heavy (non-hydrogen) atoms. The van der Waals surface area contributed by atoms with Gasteiger partial charge >= 0.3 is 5.97 Å². The summed E-state index contributed by atoms with van der Waals surface area (Å²) in [5.74, 6) is -0.0667. The van der Waals surface area contributed by atoms with E-state index >= 15 is 0 Å². The van der Waals surface area contributed by atoms with Gasteiger partial charge in [0.25, 0.3) is 0 Å². The molecule has 4 heteroatoms. The first-order valence-electron chi connectivity index (χ1n) is 10.8. The lowest BCUT2D eigenvalue weighted by Crippen LogP contribution is -2.43. The summed E-state index contributed by atoms with van der Waals surface area (Å²) in [4.78, 5) is 13.4. The van der Waals surface area contributed by atoms with Crippen LogP contribution >= 0.6 is 0 Å². The van der Waals surface area contributed by atoms with Crippen LogP contribution in [0.4, 0.5) is 0 Å². The van der Waals surface area contributed by atoms with Gasteiger partial charge in [-0.25, -0.2) is 4.79 Å². The average Bonchev–Trinajstić information content (AvgIpc) is 2.67. The summed E-state index contributed by atoms with van der Waals surface area (Å²) in [5.41, 5.74) is 1.83. The van der Waals surface area contributed by atoms with Crippen LogP contribution in [0.2, 0.25) is 0 Å². The molecule has 162 valence electrons. The fraction of sp³-hybridized carbons (Fsp3) is 0.500. The van der Waals surface area contributed by atoms with Crippen LogP contribution in [0.3, 0.4) is 0 Å². The second kappa shape index (κ2) is 8.07. The Labute approximate surface area is 180 Å². The largest absolute Gasteiger partial charge is 0.507 e. The van der Waals surface area contributed by atoms with E-state index in [1.165, 1.54) is 0 Å². The van der Waals surface area contributed by atoms with Crippen LogP contribution in [0.5, 0.6) is 5.75 Å². The highest BCUT2D eigenvalue weighted by Gasteiger charge is 2.38. The highest BCUT2D eigenvalue weighted by molar-refractivity contribution is 5.91. The van der Waals surface area contributed by atoms with Crippen LogP contribution in [0.1, 0.15) is 81.4 Å². The van der Waals surface area contributed by atoms with Crippen molar-refractivity contribution in [3.8, 4) is 5.75 Å². The van der Waals surface area contributed by atoms with Crippen molar-refractivity contribution >= 4 is 5.97 Å². The molecule has 1 fully saturated rings. The topological polar surface area (TPSA) is 58.6 Å². The quantitative estimate of drug-likeness (QED) is 0.664. The number of nitrogens with one attached hydrogen (secondary N) is 1. The van der Waals surface area contributed by atoms with Crippen molar-refractivity contribution < 1.29 is 14.6 Å². The van der Waals surface area contributed by atoms with Crippen molar-refractivity contribution in [3.05, 3.63) is 64.7 Å². The van der Waals surface area contributed by atoms with Crippen LogP contribution in [-0.4, -0.2) is 24.2 Å². The molecule has 1 aliphatic rings. The first-order chi connectivity index (χ1) is 13.9. The van der Waals surface area contributed by atoms with E-state index in [1.807, 2.05) is 71.9 Å². The summed E-state index contributed by atoms with van der Waals surface area (Å²) in [7, 11) is 0. The van der Waals surface area contributed by atoms with Crippen LogP contribution < -0.4 is 5.32 Å². The number of phenols is 1. The van der Waals surface area contributed by atoms with Gasteiger partial charge in [0, 0.05) is 24.0 Å². The fourth-order valence-corrected chi connectivity index (χ4v) is 4.15. The van der Waals surface area contributed by atoms with Crippen molar-refractivity contribution in [2.24, 2.45) is 0 Å². The number of hydrogen-bond acceptors (Lipinski definition) is 4. The SMILES string of the molecule is CC(C)(C)c1cc(C(=O)OC2(c3ccccc3)CCNCC2)cc(C(C)(C)C)c1O. The van der Waals surface area contributed by atoms with Crippen molar-refractivity contribution in [3.63, 3.8) is 0 Å². The van der Waals surface area contributed by atoms with E-state index < -0.39 is 5.60 Å². The molecule has 0 aromatic heterocycles. The Bertz CT molecular complexity index is 863. The molecule has 2 aromatic rings. The lowest BCUT2D eigenvalue weighted by Gasteiger charge is -2.38. The minimum atomic E-state index is -0.634. The van der Waals surface area contributed by atoms with Gasteiger partial charge < -0.3 is 15.2 Å². The molecule has 0 aliphatic carbocycles. The minimum absolute atomic E-state index is 0.270. The fourth-order valence-electron chi connectivity index (χ4n) is 4.15. The Morgan fingerprint density at radius 2 is 1.43 bits per heavy atom. The zero-order chi connectivity index (χ0) is 22.2. The molecule has 1 heterocycles. The highest BCUT2D eigenvalue weighted by Crippen LogP contribution is 2.41. The average molecular weight is 410 g/mol. The first-order valence-corrected chi connectivity index (χ1v) is 10.8. The molecular formula is C26H35NO3. The summed E-state index contributed by atoms with van der Waals surface area (Å²) in [5, 5.41) is 14.3. The summed E-state index contributed by atoms with van der Waals surface area (Å²) in [6.07, 6.45) is 1.47. The van der Waals surface area contributed by atoms with Crippen LogP contribution in [0, 0.1) is 0 Å². The minimum Gasteiger partial charge on any atom is -0.507 e. The van der Waals surface area contributed by atoms with Gasteiger partial charge in [-0.05, 0) is 41.6 Å². The Kier molecular flexibility index (Phi) is 6.01. The molecule has 0 spiro atoms. The third-order valence-electron chi connectivity index (χ3n) is 5.96. The van der Waals surface area contributed by atoms with Gasteiger partial charge in [0.05, 0.1) is 5.56 Å². The van der Waals surface area contributed by atoms with Gasteiger partial charge in [-0.1, -0.05) is 71.9 Å². The standard InChI is InChI=1S/C26H35NO3/c1-24(2,3)20-16-18(17-21(22(20)28)25(4,5)6)23(29)30-26(12-14-27-15-13-26)19-10-8-7-9-11-19/h7-11,16-17,27-28H,12-15H2,1-6H3. The molecule has 2 N–H and O–H groups in total. The summed E-state index contributed by atoms with van der Waals surface area (Å²) in [6, 6.07) is 13.6. The second-order valence-corrected chi connectivity index (χ2v) is 10.4.